The summed E-state index contributed by atoms with van der Waals surface area (Å²) in [7, 11) is 0. The summed E-state index contributed by atoms with van der Waals surface area (Å²) >= 11 is 0. The fraction of sp³-hybridized carbons (Fsp3) is 0.500. The maximum atomic E-state index is 2.76. The Bertz CT molecular complexity index is 660. The van der Waals surface area contributed by atoms with Gasteiger partial charge < -0.3 is 4.90 Å². The lowest BCUT2D eigenvalue weighted by Gasteiger charge is -2.27. The quantitative estimate of drug-likeness (QED) is 0.684. The zero-order valence-electron chi connectivity index (χ0n) is 15.5. The number of rotatable bonds is 5. The van der Waals surface area contributed by atoms with Crippen molar-refractivity contribution in [2.24, 2.45) is 11.8 Å². The third-order valence-corrected chi connectivity index (χ3v) is 6.44. The molecule has 1 aliphatic carbocycles. The Hall–Kier alpha value is -1.60. The predicted molar refractivity (Wildman–Crippen MR) is 106 cm³/mol. The van der Waals surface area contributed by atoms with Crippen LogP contribution >= 0.6 is 0 Å². The predicted octanol–water partition coefficient (Wildman–Crippen LogP) is 5.64. The second kappa shape index (κ2) is 7.74. The highest BCUT2D eigenvalue weighted by Gasteiger charge is 2.30. The van der Waals surface area contributed by atoms with Gasteiger partial charge in [-0.2, -0.15) is 0 Å². The van der Waals surface area contributed by atoms with Crippen LogP contribution in [0.25, 0.3) is 0 Å². The first-order valence-corrected chi connectivity index (χ1v) is 10.1. The molecule has 2 aromatic carbocycles. The van der Waals surface area contributed by atoms with Crippen molar-refractivity contribution in [2.75, 3.05) is 19.6 Å². The van der Waals surface area contributed by atoms with Crippen molar-refractivity contribution in [2.45, 2.75) is 44.9 Å². The molecule has 1 nitrogen and oxygen atoms in total. The summed E-state index contributed by atoms with van der Waals surface area (Å²) in [5.41, 5.74) is 4.27. The van der Waals surface area contributed by atoms with Crippen LogP contribution < -0.4 is 0 Å². The van der Waals surface area contributed by atoms with E-state index in [1.165, 1.54) is 68.4 Å². The maximum Gasteiger partial charge on any atom is 0.0101 e. The third-order valence-electron chi connectivity index (χ3n) is 6.44. The van der Waals surface area contributed by atoms with Crippen LogP contribution in [0.15, 0.2) is 54.6 Å². The molecule has 2 aromatic rings. The van der Waals surface area contributed by atoms with Crippen molar-refractivity contribution in [3.05, 3.63) is 71.3 Å². The molecule has 0 N–H and O–H groups in total. The highest BCUT2D eigenvalue weighted by molar-refractivity contribution is 5.33. The van der Waals surface area contributed by atoms with Crippen LogP contribution in [-0.4, -0.2) is 24.5 Å². The van der Waals surface area contributed by atoms with Gasteiger partial charge in [0.2, 0.25) is 0 Å². The molecule has 0 aromatic heterocycles. The van der Waals surface area contributed by atoms with Crippen molar-refractivity contribution < 1.29 is 0 Å². The zero-order chi connectivity index (χ0) is 17.1. The molecular formula is C24H31N. The van der Waals surface area contributed by atoms with E-state index in [9.17, 15) is 0 Å². The van der Waals surface area contributed by atoms with Crippen LogP contribution in [0.5, 0.6) is 0 Å². The topological polar surface area (TPSA) is 3.24 Å². The van der Waals surface area contributed by atoms with Gasteiger partial charge in [0.25, 0.3) is 0 Å². The lowest BCUT2D eigenvalue weighted by atomic mass is 9.88. The molecule has 0 amide bonds. The highest BCUT2D eigenvalue weighted by atomic mass is 15.1. The number of benzene rings is 2. The van der Waals surface area contributed by atoms with E-state index in [0.717, 1.165) is 11.8 Å². The smallest absolute Gasteiger partial charge is 0.0101 e. The maximum absolute atomic E-state index is 2.76. The Kier molecular flexibility index (Phi) is 5.22. The monoisotopic (exact) mass is 333 g/mol. The number of hydrogen-bond acceptors (Lipinski definition) is 1. The van der Waals surface area contributed by atoms with E-state index in [-0.39, 0.29) is 0 Å². The molecular weight excluding hydrogens is 302 g/mol. The fourth-order valence-electron chi connectivity index (χ4n) is 4.95. The average molecular weight is 334 g/mol. The van der Waals surface area contributed by atoms with E-state index in [1.807, 2.05) is 0 Å². The standard InChI is InChI=1S/C24H31N/c1-19-7-11-23(12-8-19)24(22-5-3-2-4-6-22)14-16-25-15-13-20-9-10-21(17-20)18-25/h2-8,11-12,20-21,24H,9-10,13-18H2,1H3. The van der Waals surface area contributed by atoms with Gasteiger partial charge in [-0.05, 0) is 68.7 Å². The van der Waals surface area contributed by atoms with Gasteiger partial charge in [-0.15, -0.1) is 0 Å². The van der Waals surface area contributed by atoms with Crippen LogP contribution in [0.3, 0.4) is 0 Å². The Morgan fingerprint density at radius 2 is 1.60 bits per heavy atom. The van der Waals surface area contributed by atoms with E-state index in [1.54, 1.807) is 0 Å². The lowest BCUT2D eigenvalue weighted by molar-refractivity contribution is 0.231. The van der Waals surface area contributed by atoms with Crippen LogP contribution in [-0.2, 0) is 0 Å². The van der Waals surface area contributed by atoms with Crippen molar-refractivity contribution in [1.29, 1.82) is 0 Å². The molecule has 1 aliphatic heterocycles. The summed E-state index contributed by atoms with van der Waals surface area (Å²) < 4.78 is 0. The normalized spacial score (nSPS) is 24.8. The number of likely N-dealkylation sites (tertiary alicyclic amines) is 1. The van der Waals surface area contributed by atoms with E-state index >= 15 is 0 Å². The Morgan fingerprint density at radius 1 is 0.880 bits per heavy atom. The van der Waals surface area contributed by atoms with E-state index in [0.29, 0.717) is 5.92 Å². The van der Waals surface area contributed by atoms with Crippen molar-refractivity contribution in [3.63, 3.8) is 0 Å². The summed E-state index contributed by atoms with van der Waals surface area (Å²) in [4.78, 5) is 2.76. The molecule has 3 unspecified atom stereocenters. The first kappa shape index (κ1) is 16.8. The summed E-state index contributed by atoms with van der Waals surface area (Å²) in [6, 6.07) is 20.3. The van der Waals surface area contributed by atoms with Gasteiger partial charge in [0.1, 0.15) is 0 Å². The molecule has 2 bridgehead atoms. The first-order valence-electron chi connectivity index (χ1n) is 10.1. The van der Waals surface area contributed by atoms with Crippen molar-refractivity contribution >= 4 is 0 Å². The Labute approximate surface area is 153 Å². The highest BCUT2D eigenvalue weighted by Crippen LogP contribution is 2.37. The Morgan fingerprint density at radius 3 is 2.40 bits per heavy atom. The molecule has 2 fully saturated rings. The molecule has 0 spiro atoms. The second-order valence-electron chi connectivity index (χ2n) is 8.30. The fourth-order valence-corrected chi connectivity index (χ4v) is 4.95. The average Bonchev–Trinajstić information content (AvgIpc) is 2.98. The van der Waals surface area contributed by atoms with E-state index in [4.69, 9.17) is 0 Å². The van der Waals surface area contributed by atoms with Gasteiger partial charge in [-0.25, -0.2) is 0 Å². The molecule has 1 heterocycles. The minimum Gasteiger partial charge on any atom is -0.303 e. The summed E-state index contributed by atoms with van der Waals surface area (Å²) in [6.07, 6.45) is 7.12. The third kappa shape index (κ3) is 4.15. The van der Waals surface area contributed by atoms with Gasteiger partial charge in [0.15, 0.2) is 0 Å². The van der Waals surface area contributed by atoms with Crippen LogP contribution in [0, 0.1) is 18.8 Å². The van der Waals surface area contributed by atoms with Crippen LogP contribution in [0.4, 0.5) is 0 Å². The zero-order valence-corrected chi connectivity index (χ0v) is 15.5. The number of nitrogens with zero attached hydrogens (tertiary/aromatic N) is 1. The van der Waals surface area contributed by atoms with E-state index < -0.39 is 0 Å². The minimum atomic E-state index is 0.516. The van der Waals surface area contributed by atoms with Gasteiger partial charge >= 0.3 is 0 Å². The van der Waals surface area contributed by atoms with Gasteiger partial charge in [0.05, 0.1) is 0 Å². The molecule has 0 radical (unpaired) electrons. The van der Waals surface area contributed by atoms with E-state index in [2.05, 4.69) is 66.4 Å². The second-order valence-corrected chi connectivity index (χ2v) is 8.30. The molecule has 1 saturated heterocycles. The largest absolute Gasteiger partial charge is 0.303 e. The van der Waals surface area contributed by atoms with Gasteiger partial charge in [0, 0.05) is 12.5 Å². The number of fused-ring (bicyclic) bond motifs is 2. The van der Waals surface area contributed by atoms with Crippen LogP contribution in [0.2, 0.25) is 0 Å². The lowest BCUT2D eigenvalue weighted by Crippen LogP contribution is -2.31. The molecule has 132 valence electrons. The molecule has 1 saturated carbocycles. The van der Waals surface area contributed by atoms with Crippen molar-refractivity contribution in [1.82, 2.24) is 4.90 Å². The summed E-state index contributed by atoms with van der Waals surface area (Å²) in [6.45, 7) is 6.06. The molecule has 3 atom stereocenters. The molecule has 1 heteroatoms. The first-order chi connectivity index (χ1) is 12.3. The van der Waals surface area contributed by atoms with Gasteiger partial charge in [-0.1, -0.05) is 66.6 Å². The SMILES string of the molecule is Cc1ccc(C(CCN2CCC3CCC(C3)C2)c2ccccc2)cc1. The molecule has 4 rings (SSSR count). The minimum absolute atomic E-state index is 0.516. The number of aryl methyl sites for hydroxylation is 1. The number of hydrogen-bond donors (Lipinski definition) is 0. The molecule has 25 heavy (non-hydrogen) atoms. The van der Waals surface area contributed by atoms with Gasteiger partial charge in [-0.3, -0.25) is 0 Å². The summed E-state index contributed by atoms with van der Waals surface area (Å²) in [5.74, 6) is 2.52. The van der Waals surface area contributed by atoms with Crippen LogP contribution in [0.1, 0.15) is 54.7 Å². The summed E-state index contributed by atoms with van der Waals surface area (Å²) in [5, 5.41) is 0. The molecule has 2 aliphatic rings. The van der Waals surface area contributed by atoms with Crippen molar-refractivity contribution in [3.8, 4) is 0 Å². The Balaban J connectivity index is 1.47.